The van der Waals surface area contributed by atoms with Crippen LogP contribution in [-0.4, -0.2) is 5.11 Å². The van der Waals surface area contributed by atoms with Gasteiger partial charge in [-0.3, -0.25) is 0 Å². The Bertz CT molecular complexity index is 243. The number of hydrogen-bond acceptors (Lipinski definition) is 1. The minimum Gasteiger partial charge on any atom is -0.388 e. The number of unbranched alkanes of at least 4 members (excludes halogenated alkanes) is 1. The molecule has 0 aromatic heterocycles. The van der Waals surface area contributed by atoms with Crippen molar-refractivity contribution < 1.29 is 5.11 Å². The monoisotopic (exact) mass is 198 g/mol. The van der Waals surface area contributed by atoms with Gasteiger partial charge in [0.25, 0.3) is 0 Å². The highest BCUT2D eigenvalue weighted by atomic mass is 35.5. The molecule has 1 N–H and O–H groups in total. The summed E-state index contributed by atoms with van der Waals surface area (Å²) >= 11 is 5.74. The molecule has 0 amide bonds. The van der Waals surface area contributed by atoms with Crippen LogP contribution in [0.15, 0.2) is 24.3 Å². The van der Waals surface area contributed by atoms with E-state index in [2.05, 4.69) is 6.92 Å². The first kappa shape index (κ1) is 10.6. The van der Waals surface area contributed by atoms with Gasteiger partial charge in [-0.05, 0) is 24.1 Å². The Kier molecular flexibility index (Phi) is 4.26. The van der Waals surface area contributed by atoms with Crippen molar-refractivity contribution in [1.82, 2.24) is 0 Å². The normalized spacial score (nSPS) is 12.8. The maximum absolute atomic E-state index is 9.70. The molecule has 0 fully saturated rings. The van der Waals surface area contributed by atoms with Crippen molar-refractivity contribution >= 4 is 11.6 Å². The largest absolute Gasteiger partial charge is 0.388 e. The van der Waals surface area contributed by atoms with Crippen LogP contribution >= 0.6 is 11.6 Å². The van der Waals surface area contributed by atoms with E-state index in [1.54, 1.807) is 0 Å². The molecular formula is C11H15ClO. The van der Waals surface area contributed by atoms with Crippen molar-refractivity contribution in [2.45, 2.75) is 32.3 Å². The zero-order chi connectivity index (χ0) is 9.68. The number of benzene rings is 1. The highest BCUT2D eigenvalue weighted by Crippen LogP contribution is 2.20. The first-order valence-corrected chi connectivity index (χ1v) is 5.05. The first-order chi connectivity index (χ1) is 6.24. The van der Waals surface area contributed by atoms with Crippen LogP contribution in [0.4, 0.5) is 0 Å². The van der Waals surface area contributed by atoms with Gasteiger partial charge in [-0.25, -0.2) is 0 Å². The van der Waals surface area contributed by atoms with Gasteiger partial charge in [0.2, 0.25) is 0 Å². The molecule has 0 aliphatic rings. The Hall–Kier alpha value is -0.530. The summed E-state index contributed by atoms with van der Waals surface area (Å²) in [5, 5.41) is 10.4. The highest BCUT2D eigenvalue weighted by molar-refractivity contribution is 6.30. The van der Waals surface area contributed by atoms with Crippen molar-refractivity contribution in [3.63, 3.8) is 0 Å². The van der Waals surface area contributed by atoms with Gasteiger partial charge in [0.1, 0.15) is 0 Å². The Balaban J connectivity index is 2.55. The molecule has 0 saturated heterocycles. The van der Waals surface area contributed by atoms with Gasteiger partial charge in [-0.2, -0.15) is 0 Å². The number of aliphatic hydroxyl groups excluding tert-OH is 1. The molecule has 2 heteroatoms. The third-order valence-electron chi connectivity index (χ3n) is 2.09. The summed E-state index contributed by atoms with van der Waals surface area (Å²) in [5.41, 5.74) is 0.956. The second-order valence-corrected chi connectivity index (χ2v) is 3.65. The highest BCUT2D eigenvalue weighted by Gasteiger charge is 2.05. The maximum Gasteiger partial charge on any atom is 0.0790 e. The summed E-state index contributed by atoms with van der Waals surface area (Å²) in [7, 11) is 0. The van der Waals surface area contributed by atoms with Crippen molar-refractivity contribution in [3.8, 4) is 0 Å². The molecule has 0 heterocycles. The molecule has 1 rings (SSSR count). The van der Waals surface area contributed by atoms with Crippen molar-refractivity contribution in [2.24, 2.45) is 0 Å². The quantitative estimate of drug-likeness (QED) is 0.785. The van der Waals surface area contributed by atoms with Crippen molar-refractivity contribution in [3.05, 3.63) is 34.9 Å². The van der Waals surface area contributed by atoms with Gasteiger partial charge in [-0.15, -0.1) is 0 Å². The Labute approximate surface area is 84.4 Å². The van der Waals surface area contributed by atoms with Crippen LogP contribution in [0, 0.1) is 0 Å². The molecule has 1 nitrogen and oxygen atoms in total. The summed E-state index contributed by atoms with van der Waals surface area (Å²) in [6.07, 6.45) is 2.67. The van der Waals surface area contributed by atoms with E-state index >= 15 is 0 Å². The lowest BCUT2D eigenvalue weighted by atomic mass is 10.0. The van der Waals surface area contributed by atoms with Gasteiger partial charge in [0, 0.05) is 5.02 Å². The molecule has 0 spiro atoms. The lowest BCUT2D eigenvalue weighted by Gasteiger charge is -2.09. The predicted molar refractivity (Wildman–Crippen MR) is 55.9 cm³/mol. The van der Waals surface area contributed by atoms with E-state index in [0.717, 1.165) is 24.8 Å². The molecule has 0 saturated carbocycles. The van der Waals surface area contributed by atoms with Gasteiger partial charge in [-0.1, -0.05) is 43.5 Å². The molecule has 72 valence electrons. The summed E-state index contributed by atoms with van der Waals surface area (Å²) in [6.45, 7) is 2.12. The van der Waals surface area contributed by atoms with E-state index in [9.17, 15) is 5.11 Å². The number of halogens is 1. The topological polar surface area (TPSA) is 20.2 Å². The molecule has 0 aliphatic heterocycles. The first-order valence-electron chi connectivity index (χ1n) is 4.67. The second-order valence-electron chi connectivity index (χ2n) is 3.21. The average Bonchev–Trinajstić information content (AvgIpc) is 2.15. The van der Waals surface area contributed by atoms with E-state index < -0.39 is 0 Å². The zero-order valence-electron chi connectivity index (χ0n) is 7.83. The number of rotatable bonds is 4. The summed E-state index contributed by atoms with van der Waals surface area (Å²) < 4.78 is 0. The van der Waals surface area contributed by atoms with Crippen LogP contribution in [0.5, 0.6) is 0 Å². The van der Waals surface area contributed by atoms with Crippen LogP contribution < -0.4 is 0 Å². The predicted octanol–water partition coefficient (Wildman–Crippen LogP) is 3.56. The molecule has 0 radical (unpaired) electrons. The lowest BCUT2D eigenvalue weighted by molar-refractivity contribution is 0.164. The average molecular weight is 199 g/mol. The number of aliphatic hydroxyl groups is 1. The van der Waals surface area contributed by atoms with E-state index in [1.807, 2.05) is 24.3 Å². The summed E-state index contributed by atoms with van der Waals surface area (Å²) in [4.78, 5) is 0. The molecule has 13 heavy (non-hydrogen) atoms. The summed E-state index contributed by atoms with van der Waals surface area (Å²) in [5.74, 6) is 0. The molecule has 0 unspecified atom stereocenters. The number of hydrogen-bond donors (Lipinski definition) is 1. The fraction of sp³-hybridized carbons (Fsp3) is 0.455. The van der Waals surface area contributed by atoms with Crippen LogP contribution in [-0.2, 0) is 0 Å². The van der Waals surface area contributed by atoms with Gasteiger partial charge >= 0.3 is 0 Å². The molecule has 0 bridgehead atoms. The van der Waals surface area contributed by atoms with Crippen molar-refractivity contribution in [2.75, 3.05) is 0 Å². The maximum atomic E-state index is 9.70. The molecule has 1 atom stereocenters. The third kappa shape index (κ3) is 3.37. The van der Waals surface area contributed by atoms with E-state index in [-0.39, 0.29) is 6.10 Å². The Morgan fingerprint density at radius 2 is 1.92 bits per heavy atom. The third-order valence-corrected chi connectivity index (χ3v) is 2.34. The molecular weight excluding hydrogens is 184 g/mol. The Morgan fingerprint density at radius 3 is 2.46 bits per heavy atom. The van der Waals surface area contributed by atoms with Gasteiger partial charge < -0.3 is 5.11 Å². The van der Waals surface area contributed by atoms with Gasteiger partial charge in [0.15, 0.2) is 0 Å². The van der Waals surface area contributed by atoms with Crippen LogP contribution in [0.1, 0.15) is 37.9 Å². The van der Waals surface area contributed by atoms with E-state index in [4.69, 9.17) is 11.6 Å². The molecule has 1 aromatic rings. The SMILES string of the molecule is CCCC[C@@H](O)c1ccc(Cl)cc1. The minimum absolute atomic E-state index is 0.336. The fourth-order valence-electron chi connectivity index (χ4n) is 1.25. The van der Waals surface area contributed by atoms with E-state index in [1.165, 1.54) is 0 Å². The molecule has 1 aromatic carbocycles. The Morgan fingerprint density at radius 1 is 1.31 bits per heavy atom. The van der Waals surface area contributed by atoms with Crippen LogP contribution in [0.3, 0.4) is 0 Å². The standard InChI is InChI=1S/C11H15ClO/c1-2-3-4-11(13)9-5-7-10(12)8-6-9/h5-8,11,13H,2-4H2,1H3/t11-/m1/s1. The lowest BCUT2D eigenvalue weighted by Crippen LogP contribution is -1.96. The second kappa shape index (κ2) is 5.25. The van der Waals surface area contributed by atoms with Gasteiger partial charge in [0.05, 0.1) is 6.10 Å². The minimum atomic E-state index is -0.336. The molecule has 0 aliphatic carbocycles. The van der Waals surface area contributed by atoms with Crippen molar-refractivity contribution in [1.29, 1.82) is 0 Å². The van der Waals surface area contributed by atoms with Crippen LogP contribution in [0.2, 0.25) is 5.02 Å². The summed E-state index contributed by atoms with van der Waals surface area (Å²) in [6, 6.07) is 7.38. The zero-order valence-corrected chi connectivity index (χ0v) is 8.59. The fourth-order valence-corrected chi connectivity index (χ4v) is 1.38. The van der Waals surface area contributed by atoms with E-state index in [0.29, 0.717) is 5.02 Å². The van der Waals surface area contributed by atoms with Crippen LogP contribution in [0.25, 0.3) is 0 Å². The smallest absolute Gasteiger partial charge is 0.0790 e.